The molecule has 0 fully saturated rings. The van der Waals surface area contributed by atoms with E-state index < -0.39 is 0 Å². The monoisotopic (exact) mass is 420 g/mol. The zero-order chi connectivity index (χ0) is 23.2. The first-order chi connectivity index (χ1) is 14.8. The smallest absolute Gasteiger partial charge is 0.0257 e. The topological polar surface area (TPSA) is 0 Å². The Labute approximate surface area is 194 Å². The van der Waals surface area contributed by atoms with Gasteiger partial charge in [0, 0.05) is 21.7 Å². The van der Waals surface area contributed by atoms with Crippen molar-refractivity contribution in [1.82, 2.24) is 0 Å². The van der Waals surface area contributed by atoms with Crippen molar-refractivity contribution in [2.75, 3.05) is 0 Å². The quantitative estimate of drug-likeness (QED) is 0.348. The molecule has 3 aromatic rings. The van der Waals surface area contributed by atoms with Crippen molar-refractivity contribution in [3.63, 3.8) is 0 Å². The van der Waals surface area contributed by atoms with Gasteiger partial charge in [0.25, 0.3) is 0 Å². The minimum atomic E-state index is -0.0289. The molecule has 0 atom stereocenters. The van der Waals surface area contributed by atoms with Gasteiger partial charge in [0.1, 0.15) is 0 Å². The van der Waals surface area contributed by atoms with Gasteiger partial charge < -0.3 is 0 Å². The molecule has 0 heteroatoms. The van der Waals surface area contributed by atoms with Crippen LogP contribution in [0.15, 0.2) is 36.4 Å². The second-order valence-electron chi connectivity index (χ2n) is 11.9. The van der Waals surface area contributed by atoms with Crippen molar-refractivity contribution in [1.29, 1.82) is 0 Å². The van der Waals surface area contributed by atoms with Crippen LogP contribution >= 0.6 is 0 Å². The molecule has 3 aliphatic carbocycles. The summed E-state index contributed by atoms with van der Waals surface area (Å²) < 4.78 is 0. The van der Waals surface area contributed by atoms with E-state index >= 15 is 0 Å². The van der Waals surface area contributed by atoms with Crippen molar-refractivity contribution in [3.8, 4) is 0 Å². The Bertz CT molecular complexity index is 1120. The predicted molar refractivity (Wildman–Crippen MR) is 135 cm³/mol. The van der Waals surface area contributed by atoms with Crippen molar-refractivity contribution in [3.05, 3.63) is 103 Å². The van der Waals surface area contributed by atoms with Gasteiger partial charge in [-0.3, -0.25) is 0 Å². The average molecular weight is 421 g/mol. The summed E-state index contributed by atoms with van der Waals surface area (Å²) in [5.41, 5.74) is 17.8. The SMILES string of the molecule is Cc1cc2c(cc1C)C1(C)c3cc(C)c(C)cc3C3(C)c4cc(C)c(C)cc4C2(C)C13C. The third-order valence-electron chi connectivity index (χ3n) is 11.1. The summed E-state index contributed by atoms with van der Waals surface area (Å²) in [5, 5.41) is 0. The zero-order valence-corrected chi connectivity index (χ0v) is 21.5. The molecule has 0 unspecified atom stereocenters. The highest BCUT2D eigenvalue weighted by molar-refractivity contribution is 5.78. The van der Waals surface area contributed by atoms with Crippen LogP contribution in [-0.2, 0) is 16.2 Å². The van der Waals surface area contributed by atoms with Crippen LogP contribution in [0.2, 0.25) is 0 Å². The lowest BCUT2D eigenvalue weighted by Gasteiger charge is -2.49. The minimum absolute atomic E-state index is 0.0285. The van der Waals surface area contributed by atoms with Crippen LogP contribution in [0.1, 0.15) is 94.5 Å². The molecule has 0 spiro atoms. The molecule has 0 aliphatic heterocycles. The van der Waals surface area contributed by atoms with E-state index in [1.165, 1.54) is 33.4 Å². The maximum absolute atomic E-state index is 2.62. The molecule has 3 aromatic carbocycles. The van der Waals surface area contributed by atoms with Crippen LogP contribution in [0.3, 0.4) is 0 Å². The Morgan fingerprint density at radius 2 is 0.500 bits per heavy atom. The van der Waals surface area contributed by atoms with Gasteiger partial charge in [-0.2, -0.15) is 0 Å². The van der Waals surface area contributed by atoms with Crippen LogP contribution in [0.25, 0.3) is 0 Å². The van der Waals surface area contributed by atoms with Crippen LogP contribution in [0, 0.1) is 47.0 Å². The van der Waals surface area contributed by atoms with Crippen LogP contribution in [0.4, 0.5) is 0 Å². The number of hydrogen-bond donors (Lipinski definition) is 0. The molecule has 0 heterocycles. The highest BCUT2D eigenvalue weighted by atomic mass is 14.8. The first kappa shape index (κ1) is 20.3. The molecule has 6 rings (SSSR count). The van der Waals surface area contributed by atoms with E-state index in [9.17, 15) is 0 Å². The minimum Gasteiger partial charge on any atom is -0.0561 e. The number of benzene rings is 3. The number of aryl methyl sites for hydroxylation is 6. The fourth-order valence-electron chi connectivity index (χ4n) is 8.48. The molecule has 0 N–H and O–H groups in total. The average Bonchev–Trinajstić information content (AvgIpc) is 3.06. The molecule has 0 radical (unpaired) electrons. The maximum atomic E-state index is 2.62. The van der Waals surface area contributed by atoms with Crippen molar-refractivity contribution in [2.45, 2.75) is 85.5 Å². The Morgan fingerprint density at radius 3 is 0.656 bits per heavy atom. The second kappa shape index (κ2) is 5.41. The summed E-state index contributed by atoms with van der Waals surface area (Å²) in [6, 6.07) is 15.2. The van der Waals surface area contributed by atoms with Crippen molar-refractivity contribution >= 4 is 0 Å². The molecule has 0 saturated heterocycles. The van der Waals surface area contributed by atoms with E-state index in [2.05, 4.69) is 106 Å². The Hall–Kier alpha value is -2.34. The van der Waals surface area contributed by atoms with Gasteiger partial charge >= 0.3 is 0 Å². The van der Waals surface area contributed by atoms with Gasteiger partial charge in [0.15, 0.2) is 0 Å². The molecule has 32 heavy (non-hydrogen) atoms. The van der Waals surface area contributed by atoms with E-state index in [0.717, 1.165) is 0 Å². The van der Waals surface area contributed by atoms with Gasteiger partial charge in [-0.25, -0.2) is 0 Å². The third kappa shape index (κ3) is 1.67. The van der Waals surface area contributed by atoms with Crippen LogP contribution in [-0.4, -0.2) is 0 Å². The molecule has 0 bridgehead atoms. The molecule has 0 saturated carbocycles. The Balaban J connectivity index is 1.91. The lowest BCUT2D eigenvalue weighted by molar-refractivity contribution is 0.0997. The molecule has 0 aromatic heterocycles. The summed E-state index contributed by atoms with van der Waals surface area (Å²) in [5.74, 6) is 0. The zero-order valence-electron chi connectivity index (χ0n) is 21.5. The molecule has 164 valence electrons. The second-order valence-corrected chi connectivity index (χ2v) is 11.9. The summed E-state index contributed by atoms with van der Waals surface area (Å²) in [7, 11) is 0. The lowest BCUT2D eigenvalue weighted by atomic mass is 9.52. The van der Waals surface area contributed by atoms with Crippen molar-refractivity contribution in [2.24, 2.45) is 5.41 Å². The third-order valence-corrected chi connectivity index (χ3v) is 11.1. The highest BCUT2D eigenvalue weighted by Crippen LogP contribution is 2.82. The van der Waals surface area contributed by atoms with Crippen LogP contribution < -0.4 is 0 Å². The normalized spacial score (nSPS) is 33.2. The van der Waals surface area contributed by atoms with Crippen molar-refractivity contribution < 1.29 is 0 Å². The first-order valence-corrected chi connectivity index (χ1v) is 12.2. The number of fused-ring (bicyclic) bond motifs is 9. The van der Waals surface area contributed by atoms with Crippen LogP contribution in [0.5, 0.6) is 0 Å². The molecular formula is C32H36. The van der Waals surface area contributed by atoms with E-state index in [1.54, 1.807) is 33.4 Å². The standard InChI is InChI=1S/C32H36/c1-17-11-23-24(12-18(17)2)30(8)27-15-21(5)22(6)16-28(27)31(9)26-14-20(4)19(3)13-25(26)29(23,7)32(30,31)10/h11-16H,1-10H3. The summed E-state index contributed by atoms with van der Waals surface area (Å²) >= 11 is 0. The highest BCUT2D eigenvalue weighted by Gasteiger charge is 2.79. The van der Waals surface area contributed by atoms with E-state index in [1.807, 2.05) is 0 Å². The van der Waals surface area contributed by atoms with Gasteiger partial charge in [0.05, 0.1) is 0 Å². The Morgan fingerprint density at radius 1 is 0.344 bits per heavy atom. The number of rotatable bonds is 0. The summed E-state index contributed by atoms with van der Waals surface area (Å²) in [4.78, 5) is 0. The largest absolute Gasteiger partial charge is 0.0561 e. The maximum Gasteiger partial charge on any atom is 0.0257 e. The van der Waals surface area contributed by atoms with E-state index in [-0.39, 0.29) is 21.7 Å². The molecular weight excluding hydrogens is 384 g/mol. The van der Waals surface area contributed by atoms with Gasteiger partial charge in [-0.15, -0.1) is 0 Å². The lowest BCUT2D eigenvalue weighted by Crippen LogP contribution is -2.51. The van der Waals surface area contributed by atoms with E-state index in [0.29, 0.717) is 0 Å². The molecule has 0 amide bonds. The predicted octanol–water partition coefficient (Wildman–Crippen LogP) is 7.80. The Kier molecular flexibility index (Phi) is 3.43. The molecule has 0 nitrogen and oxygen atoms in total. The van der Waals surface area contributed by atoms with Gasteiger partial charge in [-0.1, -0.05) is 64.1 Å². The van der Waals surface area contributed by atoms with Gasteiger partial charge in [0.2, 0.25) is 0 Å². The fraction of sp³-hybridized carbons (Fsp3) is 0.438. The first-order valence-electron chi connectivity index (χ1n) is 12.2. The fourth-order valence-corrected chi connectivity index (χ4v) is 8.48. The van der Waals surface area contributed by atoms with Gasteiger partial charge in [-0.05, 0) is 108 Å². The summed E-state index contributed by atoms with van der Waals surface area (Å²) in [6.45, 7) is 24.0. The molecule has 3 aliphatic rings. The van der Waals surface area contributed by atoms with E-state index in [4.69, 9.17) is 0 Å². The summed E-state index contributed by atoms with van der Waals surface area (Å²) in [6.07, 6.45) is 0. The number of hydrogen-bond acceptors (Lipinski definition) is 0.